The minimum atomic E-state index is -0.760. The first-order chi connectivity index (χ1) is 29.9. The Bertz CT molecular complexity index is 918. The first-order valence-electron chi connectivity index (χ1n) is 27.4. The van der Waals surface area contributed by atoms with Crippen molar-refractivity contribution >= 4 is 17.9 Å². The summed E-state index contributed by atoms with van der Waals surface area (Å²) in [6.45, 7) is 9.03. The van der Waals surface area contributed by atoms with E-state index in [2.05, 4.69) is 27.7 Å². The number of carbonyl (C=O) groups is 3. The summed E-state index contributed by atoms with van der Waals surface area (Å²) >= 11 is 0. The molecule has 0 rings (SSSR count). The van der Waals surface area contributed by atoms with Crippen LogP contribution >= 0.6 is 0 Å². The number of ether oxygens (including phenoxy) is 3. The van der Waals surface area contributed by atoms with Gasteiger partial charge in [0.05, 0.1) is 0 Å². The Hall–Kier alpha value is -1.59. The van der Waals surface area contributed by atoms with Gasteiger partial charge in [-0.15, -0.1) is 0 Å². The average molecular weight is 863 g/mol. The fourth-order valence-electron chi connectivity index (χ4n) is 8.39. The Kier molecular flexibility index (Phi) is 48.1. The van der Waals surface area contributed by atoms with E-state index in [1.807, 2.05) is 0 Å². The van der Waals surface area contributed by atoms with Crippen molar-refractivity contribution in [2.75, 3.05) is 13.2 Å². The molecule has 0 saturated carbocycles. The van der Waals surface area contributed by atoms with Gasteiger partial charge in [-0.1, -0.05) is 272 Å². The Morgan fingerprint density at radius 1 is 0.311 bits per heavy atom. The second kappa shape index (κ2) is 49.4. The summed E-state index contributed by atoms with van der Waals surface area (Å²) in [4.78, 5) is 37.9. The first-order valence-corrected chi connectivity index (χ1v) is 27.4. The van der Waals surface area contributed by atoms with Gasteiger partial charge >= 0.3 is 17.9 Å². The fraction of sp³-hybridized carbons (Fsp3) is 0.945. The lowest BCUT2D eigenvalue weighted by molar-refractivity contribution is -0.167. The third-order valence-corrected chi connectivity index (χ3v) is 12.5. The number of hydrogen-bond donors (Lipinski definition) is 0. The van der Waals surface area contributed by atoms with Gasteiger partial charge in [-0.25, -0.2) is 0 Å². The minimum Gasteiger partial charge on any atom is -0.462 e. The van der Waals surface area contributed by atoms with E-state index in [0.29, 0.717) is 19.3 Å². The number of hydrogen-bond acceptors (Lipinski definition) is 6. The normalized spacial score (nSPS) is 12.0. The largest absolute Gasteiger partial charge is 0.462 e. The molecule has 0 radical (unpaired) electrons. The third-order valence-electron chi connectivity index (χ3n) is 12.5. The molecule has 0 spiro atoms. The lowest BCUT2D eigenvalue weighted by Crippen LogP contribution is -2.30. The molecule has 0 saturated heterocycles. The third kappa shape index (κ3) is 49.3. The van der Waals surface area contributed by atoms with Crippen molar-refractivity contribution in [3.8, 4) is 0 Å². The van der Waals surface area contributed by atoms with E-state index >= 15 is 0 Å². The molecule has 0 bridgehead atoms. The van der Waals surface area contributed by atoms with Crippen molar-refractivity contribution in [2.24, 2.45) is 5.92 Å². The molecular weight excluding hydrogens is 757 g/mol. The van der Waals surface area contributed by atoms with E-state index in [-0.39, 0.29) is 31.1 Å². The van der Waals surface area contributed by atoms with Crippen LogP contribution in [-0.4, -0.2) is 37.2 Å². The van der Waals surface area contributed by atoms with Gasteiger partial charge in [0.15, 0.2) is 6.10 Å². The van der Waals surface area contributed by atoms with Crippen molar-refractivity contribution in [1.82, 2.24) is 0 Å². The van der Waals surface area contributed by atoms with Crippen molar-refractivity contribution < 1.29 is 28.6 Å². The maximum atomic E-state index is 12.7. The van der Waals surface area contributed by atoms with Gasteiger partial charge in [-0.3, -0.25) is 14.4 Å². The quantitative estimate of drug-likeness (QED) is 0.0344. The Morgan fingerprint density at radius 2 is 0.541 bits per heavy atom. The smallest absolute Gasteiger partial charge is 0.306 e. The number of unbranched alkanes of at least 4 members (excludes halogenated alkanes) is 37. The molecule has 0 aliphatic heterocycles. The molecule has 362 valence electrons. The standard InChI is InChI=1S/C55H106O6/c1-5-7-9-11-13-15-16-17-18-19-20-24-27-31-34-38-42-46-53(56)59-49-52(61-55(58)48-44-40-36-29-14-12-10-8-6-2)50-60-54(57)47-43-39-35-32-28-25-22-21-23-26-30-33-37-41-45-51(3)4/h51-52H,5-50H2,1-4H3/t52-/m1/s1. The van der Waals surface area contributed by atoms with Crippen molar-refractivity contribution in [3.05, 3.63) is 0 Å². The molecule has 0 N–H and O–H groups in total. The topological polar surface area (TPSA) is 78.9 Å². The fourth-order valence-corrected chi connectivity index (χ4v) is 8.39. The van der Waals surface area contributed by atoms with Gasteiger partial charge in [0.2, 0.25) is 0 Å². The average Bonchev–Trinajstić information content (AvgIpc) is 3.24. The van der Waals surface area contributed by atoms with Gasteiger partial charge in [-0.2, -0.15) is 0 Å². The Balaban J connectivity index is 4.20. The van der Waals surface area contributed by atoms with E-state index in [0.717, 1.165) is 63.7 Å². The SMILES string of the molecule is CCCCCCCCCCCCCCCCCCCC(=O)OC[C@H](COC(=O)CCCCCCCCCCCCCCCCC(C)C)OC(=O)CCCCCCCCCCC. The molecule has 0 aliphatic carbocycles. The monoisotopic (exact) mass is 863 g/mol. The van der Waals surface area contributed by atoms with Gasteiger partial charge in [0.1, 0.15) is 13.2 Å². The number of rotatable bonds is 50. The van der Waals surface area contributed by atoms with Crippen LogP contribution in [-0.2, 0) is 28.6 Å². The molecule has 0 aromatic heterocycles. The van der Waals surface area contributed by atoms with Gasteiger partial charge in [0.25, 0.3) is 0 Å². The summed E-state index contributed by atoms with van der Waals surface area (Å²) in [6, 6.07) is 0. The van der Waals surface area contributed by atoms with E-state index in [4.69, 9.17) is 14.2 Å². The Morgan fingerprint density at radius 3 is 0.803 bits per heavy atom. The highest BCUT2D eigenvalue weighted by atomic mass is 16.6. The van der Waals surface area contributed by atoms with Crippen LogP contribution in [0, 0.1) is 5.92 Å². The summed E-state index contributed by atoms with van der Waals surface area (Å²) in [7, 11) is 0. The molecule has 0 fully saturated rings. The number of carbonyl (C=O) groups excluding carboxylic acids is 3. The maximum Gasteiger partial charge on any atom is 0.306 e. The molecule has 0 amide bonds. The summed E-state index contributed by atoms with van der Waals surface area (Å²) in [5.41, 5.74) is 0. The van der Waals surface area contributed by atoms with Crippen LogP contribution in [0.5, 0.6) is 0 Å². The van der Waals surface area contributed by atoms with Crippen LogP contribution in [0.4, 0.5) is 0 Å². The lowest BCUT2D eigenvalue weighted by Gasteiger charge is -2.18. The number of esters is 3. The van der Waals surface area contributed by atoms with Crippen molar-refractivity contribution in [3.63, 3.8) is 0 Å². The second-order valence-corrected chi connectivity index (χ2v) is 19.3. The predicted molar refractivity (Wildman–Crippen MR) is 261 cm³/mol. The summed E-state index contributed by atoms with van der Waals surface area (Å²) in [5, 5.41) is 0. The summed E-state index contributed by atoms with van der Waals surface area (Å²) in [5.74, 6) is 0.00192. The molecule has 1 atom stereocenters. The predicted octanol–water partition coefficient (Wildman–Crippen LogP) is 17.8. The summed E-state index contributed by atoms with van der Waals surface area (Å²) < 4.78 is 16.8. The van der Waals surface area contributed by atoms with Crippen LogP contribution < -0.4 is 0 Å². The lowest BCUT2D eigenvalue weighted by atomic mass is 10.0. The molecule has 6 heteroatoms. The van der Waals surface area contributed by atoms with E-state index < -0.39 is 6.10 Å². The molecule has 6 nitrogen and oxygen atoms in total. The van der Waals surface area contributed by atoms with Gasteiger partial charge < -0.3 is 14.2 Å². The highest BCUT2D eigenvalue weighted by Crippen LogP contribution is 2.17. The van der Waals surface area contributed by atoms with E-state index in [1.165, 1.54) is 205 Å². The molecular formula is C55H106O6. The highest BCUT2D eigenvalue weighted by Gasteiger charge is 2.19. The summed E-state index contributed by atoms with van der Waals surface area (Å²) in [6.07, 6.45) is 52.4. The molecule has 0 aromatic rings. The van der Waals surface area contributed by atoms with Gasteiger partial charge in [0, 0.05) is 19.3 Å². The zero-order valence-electron chi connectivity index (χ0n) is 41.6. The molecule has 61 heavy (non-hydrogen) atoms. The van der Waals surface area contributed by atoms with Crippen LogP contribution in [0.15, 0.2) is 0 Å². The van der Waals surface area contributed by atoms with Crippen LogP contribution in [0.1, 0.15) is 310 Å². The molecule has 0 aliphatic rings. The zero-order chi connectivity index (χ0) is 44.5. The van der Waals surface area contributed by atoms with Crippen LogP contribution in [0.25, 0.3) is 0 Å². The van der Waals surface area contributed by atoms with Crippen LogP contribution in [0.2, 0.25) is 0 Å². The van der Waals surface area contributed by atoms with Crippen LogP contribution in [0.3, 0.4) is 0 Å². The Labute approximate surface area is 380 Å². The van der Waals surface area contributed by atoms with Crippen molar-refractivity contribution in [1.29, 1.82) is 0 Å². The second-order valence-electron chi connectivity index (χ2n) is 19.3. The van der Waals surface area contributed by atoms with Gasteiger partial charge in [-0.05, 0) is 25.2 Å². The highest BCUT2D eigenvalue weighted by molar-refractivity contribution is 5.71. The first kappa shape index (κ1) is 59.4. The molecule has 0 heterocycles. The molecule has 0 unspecified atom stereocenters. The zero-order valence-corrected chi connectivity index (χ0v) is 41.6. The molecule has 0 aromatic carbocycles. The van der Waals surface area contributed by atoms with E-state index in [1.54, 1.807) is 0 Å². The van der Waals surface area contributed by atoms with Crippen molar-refractivity contribution in [2.45, 2.75) is 316 Å². The maximum absolute atomic E-state index is 12.7. The van der Waals surface area contributed by atoms with E-state index in [9.17, 15) is 14.4 Å². The minimum absolute atomic E-state index is 0.0625.